The third-order valence-corrected chi connectivity index (χ3v) is 10.7. The first kappa shape index (κ1) is 57.9. The van der Waals surface area contributed by atoms with Crippen molar-refractivity contribution in [2.24, 2.45) is 0 Å². The number of hydrogen-bond donors (Lipinski definition) is 0. The zero-order valence-corrected chi connectivity index (χ0v) is 39.9. The highest BCUT2D eigenvalue weighted by Crippen LogP contribution is 2.15. The van der Waals surface area contributed by atoms with Crippen molar-refractivity contribution in [3.05, 3.63) is 72.9 Å². The summed E-state index contributed by atoms with van der Waals surface area (Å²) in [5.41, 5.74) is 0. The molecule has 0 fully saturated rings. The SMILES string of the molecule is CC/C=C\C/C=C\C/C=C\C/C=C\CCCCCC(=O)OC(COC(=O)CCCC/C=C\C/C=C\CC)COC(=O)CCCCCCCCCCCCCCCCCCCC. The molecular formula is C55H94O6. The first-order valence-corrected chi connectivity index (χ1v) is 25.4. The van der Waals surface area contributed by atoms with Gasteiger partial charge in [-0.1, -0.05) is 209 Å². The minimum Gasteiger partial charge on any atom is -0.462 e. The van der Waals surface area contributed by atoms with Gasteiger partial charge in [0.25, 0.3) is 0 Å². The Morgan fingerprint density at radius 2 is 0.639 bits per heavy atom. The number of hydrogen-bond acceptors (Lipinski definition) is 6. The molecule has 0 amide bonds. The molecule has 6 nitrogen and oxygen atoms in total. The van der Waals surface area contributed by atoms with Crippen LogP contribution in [0.1, 0.15) is 239 Å². The van der Waals surface area contributed by atoms with Gasteiger partial charge in [-0.25, -0.2) is 0 Å². The number of carbonyl (C=O) groups excluding carboxylic acids is 3. The van der Waals surface area contributed by atoms with Crippen molar-refractivity contribution in [2.45, 2.75) is 245 Å². The highest BCUT2D eigenvalue weighted by Gasteiger charge is 2.19. The quantitative estimate of drug-likeness (QED) is 0.0263. The van der Waals surface area contributed by atoms with Crippen molar-refractivity contribution in [1.82, 2.24) is 0 Å². The molecule has 0 aromatic carbocycles. The van der Waals surface area contributed by atoms with Gasteiger partial charge in [0.05, 0.1) is 0 Å². The normalized spacial score (nSPS) is 12.6. The fraction of sp³-hybridized carbons (Fsp3) is 0.727. The smallest absolute Gasteiger partial charge is 0.306 e. The van der Waals surface area contributed by atoms with Crippen molar-refractivity contribution in [1.29, 1.82) is 0 Å². The van der Waals surface area contributed by atoms with Gasteiger partial charge in [0, 0.05) is 19.3 Å². The molecule has 0 aromatic heterocycles. The summed E-state index contributed by atoms with van der Waals surface area (Å²) in [5.74, 6) is -0.966. The topological polar surface area (TPSA) is 78.9 Å². The van der Waals surface area contributed by atoms with Crippen LogP contribution >= 0.6 is 0 Å². The van der Waals surface area contributed by atoms with E-state index in [2.05, 4.69) is 93.7 Å². The van der Waals surface area contributed by atoms with Crippen LogP contribution in [0, 0.1) is 0 Å². The van der Waals surface area contributed by atoms with E-state index in [0.29, 0.717) is 12.8 Å². The summed E-state index contributed by atoms with van der Waals surface area (Å²) in [5, 5.41) is 0. The lowest BCUT2D eigenvalue weighted by Gasteiger charge is -2.18. The van der Waals surface area contributed by atoms with Gasteiger partial charge in [-0.15, -0.1) is 0 Å². The third-order valence-electron chi connectivity index (χ3n) is 10.7. The molecule has 0 aromatic rings. The molecule has 1 unspecified atom stereocenters. The predicted molar refractivity (Wildman–Crippen MR) is 261 cm³/mol. The van der Waals surface area contributed by atoms with E-state index in [1.165, 1.54) is 96.3 Å². The molecule has 0 rings (SSSR count). The van der Waals surface area contributed by atoms with Gasteiger partial charge in [0.15, 0.2) is 6.10 Å². The van der Waals surface area contributed by atoms with Crippen LogP contribution in [0.5, 0.6) is 0 Å². The molecule has 0 radical (unpaired) electrons. The van der Waals surface area contributed by atoms with E-state index in [9.17, 15) is 14.4 Å². The molecule has 0 aliphatic carbocycles. The molecule has 0 bridgehead atoms. The molecule has 61 heavy (non-hydrogen) atoms. The summed E-state index contributed by atoms with van der Waals surface area (Å²) in [6, 6.07) is 0. The predicted octanol–water partition coefficient (Wildman–Crippen LogP) is 16.6. The van der Waals surface area contributed by atoms with Crippen LogP contribution in [-0.2, 0) is 28.6 Å². The Balaban J connectivity index is 4.36. The van der Waals surface area contributed by atoms with E-state index in [1.54, 1.807) is 0 Å². The number of unbranched alkanes of at least 4 members (excludes halogenated alkanes) is 22. The number of ether oxygens (including phenoxy) is 3. The van der Waals surface area contributed by atoms with E-state index in [0.717, 1.165) is 103 Å². The molecule has 0 N–H and O–H groups in total. The molecule has 0 saturated heterocycles. The lowest BCUT2D eigenvalue weighted by Crippen LogP contribution is -2.30. The molecule has 0 aliphatic rings. The second-order valence-electron chi connectivity index (χ2n) is 16.7. The van der Waals surface area contributed by atoms with Gasteiger partial charge in [-0.3, -0.25) is 14.4 Å². The van der Waals surface area contributed by atoms with Crippen LogP contribution in [0.2, 0.25) is 0 Å². The van der Waals surface area contributed by atoms with E-state index in [4.69, 9.17) is 14.2 Å². The van der Waals surface area contributed by atoms with Crippen molar-refractivity contribution < 1.29 is 28.6 Å². The van der Waals surface area contributed by atoms with Crippen LogP contribution in [0.4, 0.5) is 0 Å². The van der Waals surface area contributed by atoms with Crippen LogP contribution in [-0.4, -0.2) is 37.2 Å². The Hall–Kier alpha value is -3.15. The maximum atomic E-state index is 12.8. The molecule has 1 atom stereocenters. The van der Waals surface area contributed by atoms with Gasteiger partial charge in [-0.2, -0.15) is 0 Å². The van der Waals surface area contributed by atoms with Crippen molar-refractivity contribution in [3.8, 4) is 0 Å². The van der Waals surface area contributed by atoms with Gasteiger partial charge >= 0.3 is 17.9 Å². The zero-order valence-electron chi connectivity index (χ0n) is 39.9. The van der Waals surface area contributed by atoms with E-state index in [-0.39, 0.29) is 37.5 Å². The zero-order chi connectivity index (χ0) is 44.4. The average molecular weight is 851 g/mol. The number of esters is 3. The molecule has 0 heterocycles. The fourth-order valence-electron chi connectivity index (χ4n) is 6.94. The molecular weight excluding hydrogens is 757 g/mol. The van der Waals surface area contributed by atoms with Gasteiger partial charge < -0.3 is 14.2 Å². The van der Waals surface area contributed by atoms with Crippen molar-refractivity contribution in [3.63, 3.8) is 0 Å². The van der Waals surface area contributed by atoms with Crippen LogP contribution in [0.3, 0.4) is 0 Å². The first-order chi connectivity index (χ1) is 30.0. The van der Waals surface area contributed by atoms with Crippen LogP contribution in [0.25, 0.3) is 0 Å². The molecule has 0 aliphatic heterocycles. The van der Waals surface area contributed by atoms with Crippen molar-refractivity contribution >= 4 is 17.9 Å². The fourth-order valence-corrected chi connectivity index (χ4v) is 6.94. The summed E-state index contributed by atoms with van der Waals surface area (Å²) in [6.45, 7) is 6.35. The monoisotopic (exact) mass is 851 g/mol. The molecule has 6 heteroatoms. The standard InChI is InChI=1S/C55H94O6/c1-4-7-10-13-16-19-21-23-25-27-28-30-31-33-36-39-42-45-48-54(57)60-51-52(50-59-53(56)47-44-41-38-35-18-15-12-9-6-3)61-55(58)49-46-43-40-37-34-32-29-26-24-22-20-17-14-11-8-5-2/h8-9,11-12,17-18,20,24,26,32,34-35,52H,4-7,10,13-16,19,21-23,25,27-31,33,36-51H2,1-3H3/b11-8-,12-9-,20-17-,26-24-,34-32-,35-18-. The number of rotatable bonds is 45. The van der Waals surface area contributed by atoms with Crippen LogP contribution in [0.15, 0.2) is 72.9 Å². The molecule has 350 valence electrons. The highest BCUT2D eigenvalue weighted by atomic mass is 16.6. The Bertz CT molecular complexity index is 1160. The summed E-state index contributed by atoms with van der Waals surface area (Å²) in [7, 11) is 0. The summed E-state index contributed by atoms with van der Waals surface area (Å²) >= 11 is 0. The van der Waals surface area contributed by atoms with Gasteiger partial charge in [0.2, 0.25) is 0 Å². The second-order valence-corrected chi connectivity index (χ2v) is 16.7. The Kier molecular flexibility index (Phi) is 46.9. The molecule has 0 saturated carbocycles. The van der Waals surface area contributed by atoms with Gasteiger partial charge in [-0.05, 0) is 83.5 Å². The average Bonchev–Trinajstić information content (AvgIpc) is 3.26. The van der Waals surface area contributed by atoms with E-state index >= 15 is 0 Å². The number of allylic oxidation sites excluding steroid dienone is 12. The summed E-state index contributed by atoms with van der Waals surface area (Å²) in [4.78, 5) is 37.8. The lowest BCUT2D eigenvalue weighted by atomic mass is 10.0. The van der Waals surface area contributed by atoms with Gasteiger partial charge in [0.1, 0.15) is 13.2 Å². The Morgan fingerprint density at radius 1 is 0.344 bits per heavy atom. The van der Waals surface area contributed by atoms with Crippen molar-refractivity contribution in [2.75, 3.05) is 13.2 Å². The van der Waals surface area contributed by atoms with E-state index in [1.807, 2.05) is 0 Å². The third kappa shape index (κ3) is 47.7. The first-order valence-electron chi connectivity index (χ1n) is 25.4. The second kappa shape index (κ2) is 49.5. The van der Waals surface area contributed by atoms with E-state index < -0.39 is 6.10 Å². The van der Waals surface area contributed by atoms with Crippen LogP contribution < -0.4 is 0 Å². The number of carbonyl (C=O) groups is 3. The Morgan fingerprint density at radius 3 is 1.03 bits per heavy atom. The Labute approximate surface area is 376 Å². The lowest BCUT2D eigenvalue weighted by molar-refractivity contribution is -0.167. The largest absolute Gasteiger partial charge is 0.462 e. The summed E-state index contributed by atoms with van der Waals surface area (Å²) < 4.78 is 16.7. The minimum absolute atomic E-state index is 0.0972. The maximum Gasteiger partial charge on any atom is 0.306 e. The highest BCUT2D eigenvalue weighted by molar-refractivity contribution is 5.71. The minimum atomic E-state index is -0.802. The maximum absolute atomic E-state index is 12.8. The summed E-state index contributed by atoms with van der Waals surface area (Å²) in [6.07, 6.45) is 61.9. The molecule has 0 spiro atoms.